The molecule has 0 aliphatic carbocycles. The van der Waals surface area contributed by atoms with Crippen molar-refractivity contribution in [1.82, 2.24) is 16.0 Å². The van der Waals surface area contributed by atoms with Gasteiger partial charge in [0.1, 0.15) is 24.7 Å². The van der Waals surface area contributed by atoms with E-state index in [1.165, 1.54) is 6.92 Å². The van der Waals surface area contributed by atoms with E-state index < -0.39 is 60.9 Å². The number of aliphatic hydroxyl groups excluding tert-OH is 1. The van der Waals surface area contributed by atoms with Gasteiger partial charge < -0.3 is 37.6 Å². The van der Waals surface area contributed by atoms with Crippen molar-refractivity contribution >= 4 is 29.6 Å². The van der Waals surface area contributed by atoms with Gasteiger partial charge in [-0.1, -0.05) is 0 Å². The molecule has 0 aromatic carbocycles. The first kappa shape index (κ1) is 22.3. The number of carbonyl (C=O) groups excluding carboxylic acids is 4. The van der Waals surface area contributed by atoms with Crippen LogP contribution in [0.5, 0.6) is 0 Å². The Morgan fingerprint density at radius 2 is 1.64 bits per heavy atom. The van der Waals surface area contributed by atoms with E-state index in [1.54, 1.807) is 0 Å². The summed E-state index contributed by atoms with van der Waals surface area (Å²) in [5.74, 6) is -4.34. The molecular formula is C13H23N5O7. The molecule has 0 aromatic rings. The lowest BCUT2D eigenvalue weighted by atomic mass is 10.1. The zero-order valence-corrected chi connectivity index (χ0v) is 13.7. The van der Waals surface area contributed by atoms with Gasteiger partial charge in [-0.15, -0.1) is 0 Å². The van der Waals surface area contributed by atoms with Gasteiger partial charge >= 0.3 is 5.97 Å². The molecule has 0 rings (SSSR count). The molecule has 4 amide bonds. The molecule has 0 saturated carbocycles. The Bertz CT molecular complexity index is 525. The number of primary amides is 1. The number of hydrogen-bond donors (Lipinski definition) is 7. The molecule has 0 bridgehead atoms. The van der Waals surface area contributed by atoms with Gasteiger partial charge in [-0.05, 0) is 13.3 Å². The van der Waals surface area contributed by atoms with Crippen molar-refractivity contribution in [3.05, 3.63) is 0 Å². The van der Waals surface area contributed by atoms with Crippen LogP contribution in [-0.4, -0.2) is 71.1 Å². The van der Waals surface area contributed by atoms with Crippen LogP contribution >= 0.6 is 0 Å². The number of aliphatic hydroxyl groups is 1. The fraction of sp³-hybridized carbons (Fsp3) is 0.615. The van der Waals surface area contributed by atoms with Crippen molar-refractivity contribution in [3.8, 4) is 0 Å². The predicted molar refractivity (Wildman–Crippen MR) is 83.7 cm³/mol. The molecule has 0 aliphatic heterocycles. The van der Waals surface area contributed by atoms with Gasteiger partial charge in [0.2, 0.25) is 23.6 Å². The third-order valence-corrected chi connectivity index (χ3v) is 3.01. The van der Waals surface area contributed by atoms with Crippen molar-refractivity contribution in [2.75, 3.05) is 13.2 Å². The molecule has 0 saturated heterocycles. The van der Waals surface area contributed by atoms with Gasteiger partial charge in [-0.3, -0.25) is 24.0 Å². The number of carbonyl (C=O) groups is 5. The predicted octanol–water partition coefficient (Wildman–Crippen LogP) is -4.24. The number of amides is 4. The molecule has 12 heteroatoms. The normalized spacial score (nSPS) is 13.9. The van der Waals surface area contributed by atoms with Gasteiger partial charge in [0.25, 0.3) is 0 Å². The van der Waals surface area contributed by atoms with E-state index in [-0.39, 0.29) is 12.8 Å². The van der Waals surface area contributed by atoms with E-state index in [0.29, 0.717) is 0 Å². The number of hydrogen-bond acceptors (Lipinski definition) is 7. The van der Waals surface area contributed by atoms with Crippen LogP contribution in [0.3, 0.4) is 0 Å². The number of carboxylic acid groups (broad SMARTS) is 1. The molecule has 0 fully saturated rings. The maximum atomic E-state index is 12.0. The van der Waals surface area contributed by atoms with Crippen LogP contribution in [0.25, 0.3) is 0 Å². The minimum Gasteiger partial charge on any atom is -0.480 e. The zero-order chi connectivity index (χ0) is 19.6. The van der Waals surface area contributed by atoms with Crippen LogP contribution in [0.1, 0.15) is 19.8 Å². The number of aliphatic carboxylic acids is 1. The highest BCUT2D eigenvalue weighted by atomic mass is 16.4. The summed E-state index contributed by atoms with van der Waals surface area (Å²) in [5.41, 5.74) is 10.3. The Morgan fingerprint density at radius 1 is 1.04 bits per heavy atom. The largest absolute Gasteiger partial charge is 0.480 e. The fourth-order valence-electron chi connectivity index (χ4n) is 1.61. The highest BCUT2D eigenvalue weighted by Gasteiger charge is 2.25. The Kier molecular flexibility index (Phi) is 9.74. The van der Waals surface area contributed by atoms with E-state index in [0.717, 1.165) is 0 Å². The molecule has 25 heavy (non-hydrogen) atoms. The maximum Gasteiger partial charge on any atom is 0.322 e. The summed E-state index contributed by atoms with van der Waals surface area (Å²) in [6.07, 6.45) is -0.370. The van der Waals surface area contributed by atoms with Crippen molar-refractivity contribution in [2.24, 2.45) is 11.5 Å². The highest BCUT2D eigenvalue weighted by Crippen LogP contribution is 1.99. The van der Waals surface area contributed by atoms with Crippen LogP contribution in [0.15, 0.2) is 0 Å². The lowest BCUT2D eigenvalue weighted by Gasteiger charge is -2.21. The van der Waals surface area contributed by atoms with E-state index >= 15 is 0 Å². The first-order valence-electron chi connectivity index (χ1n) is 7.33. The molecule has 3 atom stereocenters. The van der Waals surface area contributed by atoms with Gasteiger partial charge in [0.15, 0.2) is 0 Å². The van der Waals surface area contributed by atoms with Crippen molar-refractivity contribution in [2.45, 2.75) is 37.9 Å². The summed E-state index contributed by atoms with van der Waals surface area (Å²) in [5, 5.41) is 23.9. The summed E-state index contributed by atoms with van der Waals surface area (Å²) >= 11 is 0. The summed E-state index contributed by atoms with van der Waals surface area (Å²) in [6.45, 7) is 0.0377. The average molecular weight is 361 g/mol. The fourth-order valence-corrected chi connectivity index (χ4v) is 1.61. The Hall–Kier alpha value is -2.73. The summed E-state index contributed by atoms with van der Waals surface area (Å²) in [4.78, 5) is 56.8. The lowest BCUT2D eigenvalue weighted by molar-refractivity contribution is -0.138. The molecular weight excluding hydrogens is 338 g/mol. The third-order valence-electron chi connectivity index (χ3n) is 3.01. The topological polar surface area (TPSA) is 214 Å². The summed E-state index contributed by atoms with van der Waals surface area (Å²) in [7, 11) is 0. The van der Waals surface area contributed by atoms with Crippen LogP contribution < -0.4 is 27.4 Å². The monoisotopic (exact) mass is 361 g/mol. The molecule has 9 N–H and O–H groups in total. The molecule has 0 aromatic heterocycles. The third kappa shape index (κ3) is 9.22. The lowest BCUT2D eigenvalue weighted by Crippen LogP contribution is -2.55. The molecule has 0 radical (unpaired) electrons. The van der Waals surface area contributed by atoms with Gasteiger partial charge in [-0.2, -0.15) is 0 Å². The summed E-state index contributed by atoms with van der Waals surface area (Å²) in [6, 6.07) is -3.52. The van der Waals surface area contributed by atoms with E-state index in [2.05, 4.69) is 16.0 Å². The standard InChI is InChI=1S/C13H23N5O7/c1-6(17-12(24)7(14)5-19)11(23)18-8(2-3-9(15)20)13(25)16-4-10(21)22/h6-8,19H,2-5,14H2,1H3,(H2,15,20)(H,16,25)(H,17,24)(H,18,23)(H,21,22). The molecule has 0 heterocycles. The highest BCUT2D eigenvalue weighted by molar-refractivity contribution is 5.93. The number of nitrogens with one attached hydrogen (secondary N) is 3. The minimum atomic E-state index is -1.29. The minimum absolute atomic E-state index is 0.149. The smallest absolute Gasteiger partial charge is 0.322 e. The van der Waals surface area contributed by atoms with Crippen molar-refractivity contribution in [3.63, 3.8) is 0 Å². The van der Waals surface area contributed by atoms with Crippen molar-refractivity contribution in [1.29, 1.82) is 0 Å². The van der Waals surface area contributed by atoms with Crippen LogP contribution in [0.4, 0.5) is 0 Å². The van der Waals surface area contributed by atoms with Crippen LogP contribution in [0, 0.1) is 0 Å². The molecule has 142 valence electrons. The molecule has 3 unspecified atom stereocenters. The Labute approximate surface area is 143 Å². The van der Waals surface area contributed by atoms with Crippen LogP contribution in [0.2, 0.25) is 0 Å². The Balaban J connectivity index is 4.82. The second-order valence-electron chi connectivity index (χ2n) is 5.20. The van der Waals surface area contributed by atoms with E-state index in [1.807, 2.05) is 0 Å². The Morgan fingerprint density at radius 3 is 2.12 bits per heavy atom. The first-order valence-corrected chi connectivity index (χ1v) is 7.33. The van der Waals surface area contributed by atoms with Gasteiger partial charge in [0.05, 0.1) is 6.61 Å². The second-order valence-corrected chi connectivity index (χ2v) is 5.20. The average Bonchev–Trinajstić information content (AvgIpc) is 2.54. The molecule has 0 spiro atoms. The number of rotatable bonds is 11. The van der Waals surface area contributed by atoms with E-state index in [4.69, 9.17) is 21.7 Å². The quantitative estimate of drug-likeness (QED) is 0.191. The first-order chi connectivity index (χ1) is 11.6. The van der Waals surface area contributed by atoms with Gasteiger partial charge in [-0.25, -0.2) is 0 Å². The number of carboxylic acids is 1. The van der Waals surface area contributed by atoms with Crippen molar-refractivity contribution < 1.29 is 34.2 Å². The molecule has 0 aliphatic rings. The van der Waals surface area contributed by atoms with Crippen LogP contribution in [-0.2, 0) is 24.0 Å². The zero-order valence-electron chi connectivity index (χ0n) is 13.7. The number of nitrogens with two attached hydrogens (primary N) is 2. The maximum absolute atomic E-state index is 12.0. The van der Waals surface area contributed by atoms with E-state index in [9.17, 15) is 24.0 Å². The summed E-state index contributed by atoms with van der Waals surface area (Å²) < 4.78 is 0. The van der Waals surface area contributed by atoms with Gasteiger partial charge in [0, 0.05) is 6.42 Å². The SMILES string of the molecule is CC(NC(=O)C(N)CO)C(=O)NC(CCC(N)=O)C(=O)NCC(=O)O. The second kappa shape index (κ2) is 10.9. The molecule has 12 nitrogen and oxygen atoms in total.